The lowest BCUT2D eigenvalue weighted by atomic mass is 9.71. The minimum absolute atomic E-state index is 0.00140. The van der Waals surface area contributed by atoms with Gasteiger partial charge in [0.25, 0.3) is 5.91 Å². The second-order valence-electron chi connectivity index (χ2n) is 12.6. The predicted molar refractivity (Wildman–Crippen MR) is 168 cm³/mol. The van der Waals surface area contributed by atoms with Crippen LogP contribution in [0.3, 0.4) is 0 Å². The Kier molecular flexibility index (Phi) is 8.69. The van der Waals surface area contributed by atoms with Crippen LogP contribution in [0.5, 0.6) is 5.75 Å². The summed E-state index contributed by atoms with van der Waals surface area (Å²) in [7, 11) is 0. The Morgan fingerprint density at radius 1 is 1.00 bits per heavy atom. The van der Waals surface area contributed by atoms with E-state index in [1.807, 2.05) is 18.2 Å². The fourth-order valence-corrected chi connectivity index (χ4v) is 8.29. The maximum atomic E-state index is 13.4. The topological polar surface area (TPSA) is 41.6 Å². The van der Waals surface area contributed by atoms with Gasteiger partial charge in [-0.2, -0.15) is 0 Å². The van der Waals surface area contributed by atoms with Gasteiger partial charge < -0.3 is 9.64 Å². The molecule has 4 aliphatic rings. The third kappa shape index (κ3) is 6.21. The van der Waals surface area contributed by atoms with Crippen molar-refractivity contribution in [1.82, 2.24) is 4.72 Å². The summed E-state index contributed by atoms with van der Waals surface area (Å²) in [6.45, 7) is 7.08. The number of aryl methyl sites for hydroxylation is 1. The van der Waals surface area contributed by atoms with Crippen LogP contribution in [0.15, 0.2) is 48.6 Å². The fraction of sp³-hybridized carbons (Fsp3) is 0.559. The zero-order valence-corrected chi connectivity index (χ0v) is 25.5. The Morgan fingerprint density at radius 2 is 1.80 bits per heavy atom. The van der Waals surface area contributed by atoms with Crippen LogP contribution < -0.4 is 14.4 Å². The lowest BCUT2D eigenvalue weighted by Crippen LogP contribution is -2.40. The van der Waals surface area contributed by atoms with Gasteiger partial charge in [-0.15, -0.1) is 0 Å². The predicted octanol–water partition coefficient (Wildman–Crippen LogP) is 8.44. The lowest BCUT2D eigenvalue weighted by molar-refractivity contribution is 0.0984. The van der Waals surface area contributed by atoms with Crippen LogP contribution >= 0.6 is 23.5 Å². The Morgan fingerprint density at radius 3 is 2.58 bits per heavy atom. The van der Waals surface area contributed by atoms with Gasteiger partial charge in [0.1, 0.15) is 5.75 Å². The molecular weight excluding hydrogens is 536 g/mol. The molecule has 4 nitrogen and oxygen atoms in total. The molecule has 2 aliphatic heterocycles. The van der Waals surface area contributed by atoms with E-state index in [4.69, 9.17) is 16.3 Å². The number of rotatable bonds is 4. The summed E-state index contributed by atoms with van der Waals surface area (Å²) in [6, 6.07) is 12.4. The molecule has 2 aromatic carbocycles. The highest BCUT2D eigenvalue weighted by Gasteiger charge is 2.37. The summed E-state index contributed by atoms with van der Waals surface area (Å²) in [5.74, 6) is 3.80. The number of allylic oxidation sites excluding steroid dienone is 2. The first kappa shape index (κ1) is 28.0. The molecular formula is C34H43ClN2O2S. The smallest absolute Gasteiger partial charge is 0.261 e. The van der Waals surface area contributed by atoms with Crippen LogP contribution in [0, 0.1) is 23.7 Å². The summed E-state index contributed by atoms with van der Waals surface area (Å²) >= 11 is 8.07. The van der Waals surface area contributed by atoms with E-state index in [2.05, 4.69) is 53.8 Å². The molecule has 2 aromatic rings. The number of amides is 1. The second-order valence-corrected chi connectivity index (χ2v) is 14.0. The Balaban J connectivity index is 1.32. The lowest BCUT2D eigenvalue weighted by Gasteiger charge is -2.41. The molecule has 5 unspecified atom stereocenters. The number of hydrogen-bond donors (Lipinski definition) is 1. The van der Waals surface area contributed by atoms with Crippen molar-refractivity contribution >= 4 is 35.1 Å². The number of ether oxygens (including phenoxy) is 1. The number of carbonyl (C=O) groups excluding carboxylic acids is 1. The van der Waals surface area contributed by atoms with Gasteiger partial charge in [0.15, 0.2) is 0 Å². The van der Waals surface area contributed by atoms with E-state index in [9.17, 15) is 4.79 Å². The summed E-state index contributed by atoms with van der Waals surface area (Å²) < 4.78 is 9.74. The van der Waals surface area contributed by atoms with Crippen LogP contribution in [0.25, 0.3) is 0 Å². The average molecular weight is 579 g/mol. The third-order valence-corrected chi connectivity index (χ3v) is 11.2. The zero-order chi connectivity index (χ0) is 27.6. The molecule has 1 N–H and O–H groups in total. The number of nitrogens with zero attached hydrogens (tertiary/aromatic N) is 1. The number of anilines is 1. The molecule has 2 bridgehead atoms. The highest BCUT2D eigenvalue weighted by molar-refractivity contribution is 7.98. The van der Waals surface area contributed by atoms with Crippen molar-refractivity contribution in [2.24, 2.45) is 23.7 Å². The molecule has 2 aliphatic carbocycles. The normalized spacial score (nSPS) is 29.8. The Bertz CT molecular complexity index is 1240. The molecule has 6 rings (SSSR count). The van der Waals surface area contributed by atoms with Crippen molar-refractivity contribution in [1.29, 1.82) is 0 Å². The summed E-state index contributed by atoms with van der Waals surface area (Å²) in [5, 5.41) is 1.27. The minimum Gasteiger partial charge on any atom is -0.491 e. The average Bonchev–Trinajstić information content (AvgIpc) is 3.78. The SMILES string of the molecule is CCCc1cc(Cl)ccc1C1COc2ccc3cc2N(C1)CC1CCC1C/C=C/CC(C)C(C1CC1)SNC3=O. The number of nitrogens with one attached hydrogen (secondary N) is 1. The highest BCUT2D eigenvalue weighted by Crippen LogP contribution is 2.44. The first-order valence-corrected chi connectivity index (χ1v) is 16.7. The van der Waals surface area contributed by atoms with E-state index in [1.165, 1.54) is 43.2 Å². The van der Waals surface area contributed by atoms with E-state index < -0.39 is 0 Å². The van der Waals surface area contributed by atoms with Crippen LogP contribution in [0.4, 0.5) is 5.69 Å². The van der Waals surface area contributed by atoms with E-state index in [0.717, 1.165) is 66.2 Å². The molecule has 2 fully saturated rings. The first-order valence-electron chi connectivity index (χ1n) is 15.4. The number of hydrogen-bond acceptors (Lipinski definition) is 4. The molecule has 1 amide bonds. The number of benzene rings is 2. The number of fused-ring (bicyclic) bond motifs is 2. The number of carbonyl (C=O) groups is 1. The molecule has 2 saturated carbocycles. The van der Waals surface area contributed by atoms with E-state index in [1.54, 1.807) is 11.9 Å². The van der Waals surface area contributed by atoms with E-state index >= 15 is 0 Å². The van der Waals surface area contributed by atoms with Gasteiger partial charge in [0.05, 0.1) is 12.3 Å². The van der Waals surface area contributed by atoms with Gasteiger partial charge in [0.2, 0.25) is 0 Å². The van der Waals surface area contributed by atoms with Gasteiger partial charge in [-0.1, -0.05) is 50.1 Å². The summed E-state index contributed by atoms with van der Waals surface area (Å²) in [4.78, 5) is 16.0. The van der Waals surface area contributed by atoms with Gasteiger partial charge in [-0.3, -0.25) is 9.52 Å². The molecule has 0 radical (unpaired) electrons. The largest absolute Gasteiger partial charge is 0.491 e. The summed E-state index contributed by atoms with van der Waals surface area (Å²) in [6.07, 6.45) is 14.4. The molecule has 0 saturated heterocycles. The van der Waals surface area contributed by atoms with Crippen molar-refractivity contribution < 1.29 is 9.53 Å². The van der Waals surface area contributed by atoms with Gasteiger partial charge in [-0.25, -0.2) is 0 Å². The molecule has 5 atom stereocenters. The molecule has 2 heterocycles. The van der Waals surface area contributed by atoms with Crippen LogP contribution in [0.1, 0.15) is 86.2 Å². The van der Waals surface area contributed by atoms with Crippen molar-refractivity contribution in [3.8, 4) is 5.75 Å². The molecule has 214 valence electrons. The fourth-order valence-electron chi connectivity index (χ4n) is 6.92. The van der Waals surface area contributed by atoms with Gasteiger partial charge >= 0.3 is 0 Å². The number of halogens is 1. The van der Waals surface area contributed by atoms with Crippen LogP contribution in [-0.4, -0.2) is 30.9 Å². The van der Waals surface area contributed by atoms with E-state index in [0.29, 0.717) is 23.7 Å². The molecule has 0 aromatic heterocycles. The maximum absolute atomic E-state index is 13.4. The van der Waals surface area contributed by atoms with Crippen molar-refractivity contribution in [2.75, 3.05) is 24.6 Å². The third-order valence-electron chi connectivity index (χ3n) is 9.59. The highest BCUT2D eigenvalue weighted by atomic mass is 35.5. The van der Waals surface area contributed by atoms with Gasteiger partial charge in [0, 0.05) is 34.8 Å². The monoisotopic (exact) mass is 578 g/mol. The maximum Gasteiger partial charge on any atom is 0.261 e. The second kappa shape index (κ2) is 12.4. The minimum atomic E-state index is -0.00140. The molecule has 0 spiro atoms. The standard InChI is InChI=1S/C34H43ClN2O2S/c1-3-6-25-17-29(35)14-15-30(25)28-20-37-19-27-12-9-23(27)8-5-4-7-22(2)33(24-10-11-24)40-36-34(38)26-13-16-32(39-21-28)31(37)18-26/h4-5,13-18,22-24,27-28,33H,3,6-12,19-21H2,1-2H3,(H,36,38)/b5-4+. The summed E-state index contributed by atoms with van der Waals surface area (Å²) in [5.41, 5.74) is 4.45. The Hall–Kier alpha value is -2.11. The first-order chi connectivity index (χ1) is 19.5. The quantitative estimate of drug-likeness (QED) is 0.292. The van der Waals surface area contributed by atoms with Crippen molar-refractivity contribution in [3.63, 3.8) is 0 Å². The molecule has 6 heteroatoms. The van der Waals surface area contributed by atoms with Crippen LogP contribution in [-0.2, 0) is 6.42 Å². The van der Waals surface area contributed by atoms with Crippen molar-refractivity contribution in [3.05, 3.63) is 70.3 Å². The van der Waals surface area contributed by atoms with Crippen LogP contribution in [0.2, 0.25) is 5.02 Å². The van der Waals surface area contributed by atoms with Gasteiger partial charge in [-0.05, 0) is 122 Å². The van der Waals surface area contributed by atoms with E-state index in [-0.39, 0.29) is 11.8 Å². The molecule has 40 heavy (non-hydrogen) atoms. The Labute approximate surface area is 249 Å². The van der Waals surface area contributed by atoms with Crippen molar-refractivity contribution in [2.45, 2.75) is 76.4 Å². The zero-order valence-electron chi connectivity index (χ0n) is 23.9.